The molecule has 0 aromatic carbocycles. The normalized spacial score (nSPS) is 12.9. The number of amides is 1. The van der Waals surface area contributed by atoms with Gasteiger partial charge in [0, 0.05) is 18.3 Å². The Kier molecular flexibility index (Phi) is 4.76. The van der Waals surface area contributed by atoms with Crippen LogP contribution in [0.5, 0.6) is 0 Å². The molecular weight excluding hydrogens is 338 g/mol. The standard InChI is InChI=1S/C13H19N5O3S2/c1-7(10-6-14-18(4)9(10)3)15-12(19)11-8(2)16-13(22-11)17-23(5,20)21/h6-7H,1-5H3,(H,15,19)(H,16,17). The number of aryl methyl sites for hydroxylation is 2. The van der Waals surface area contributed by atoms with E-state index in [9.17, 15) is 13.2 Å². The van der Waals surface area contributed by atoms with Crippen molar-refractivity contribution in [1.29, 1.82) is 0 Å². The Morgan fingerprint density at radius 3 is 2.57 bits per heavy atom. The molecule has 10 heteroatoms. The van der Waals surface area contributed by atoms with E-state index in [0.29, 0.717) is 10.6 Å². The maximum atomic E-state index is 12.4. The molecule has 23 heavy (non-hydrogen) atoms. The monoisotopic (exact) mass is 357 g/mol. The Hall–Kier alpha value is -1.94. The molecule has 2 aromatic rings. The van der Waals surface area contributed by atoms with Crippen LogP contribution in [-0.2, 0) is 17.1 Å². The van der Waals surface area contributed by atoms with Crippen LogP contribution in [0.15, 0.2) is 6.20 Å². The summed E-state index contributed by atoms with van der Waals surface area (Å²) in [4.78, 5) is 16.9. The molecule has 2 heterocycles. The molecule has 0 spiro atoms. The van der Waals surface area contributed by atoms with Crippen molar-refractivity contribution in [1.82, 2.24) is 20.1 Å². The minimum atomic E-state index is -3.42. The fourth-order valence-corrected chi connectivity index (χ4v) is 3.79. The number of nitrogens with zero attached hydrogens (tertiary/aromatic N) is 3. The van der Waals surface area contributed by atoms with Crippen LogP contribution in [0.3, 0.4) is 0 Å². The minimum absolute atomic E-state index is 0.181. The molecule has 0 fully saturated rings. The zero-order valence-electron chi connectivity index (χ0n) is 13.5. The first-order valence-electron chi connectivity index (χ1n) is 6.83. The summed E-state index contributed by atoms with van der Waals surface area (Å²) in [5.41, 5.74) is 2.38. The van der Waals surface area contributed by atoms with E-state index < -0.39 is 10.0 Å². The SMILES string of the molecule is Cc1nc(NS(C)(=O)=O)sc1C(=O)NC(C)c1cnn(C)c1C. The summed E-state index contributed by atoms with van der Waals surface area (Å²) in [5, 5.41) is 7.22. The molecule has 0 radical (unpaired) electrons. The van der Waals surface area contributed by atoms with Crippen molar-refractivity contribution in [2.45, 2.75) is 26.8 Å². The fourth-order valence-electron chi connectivity index (χ4n) is 2.09. The number of sulfonamides is 1. The highest BCUT2D eigenvalue weighted by Crippen LogP contribution is 2.24. The molecule has 1 atom stereocenters. The second-order valence-electron chi connectivity index (χ2n) is 5.31. The molecule has 2 rings (SSSR count). The Bertz CT molecular complexity index is 838. The van der Waals surface area contributed by atoms with Gasteiger partial charge < -0.3 is 5.32 Å². The Balaban J connectivity index is 2.16. The van der Waals surface area contributed by atoms with Crippen molar-refractivity contribution in [3.8, 4) is 0 Å². The first kappa shape index (κ1) is 17.4. The number of aromatic nitrogens is 3. The van der Waals surface area contributed by atoms with Crippen molar-refractivity contribution in [2.75, 3.05) is 11.0 Å². The van der Waals surface area contributed by atoms with Crippen molar-refractivity contribution in [3.63, 3.8) is 0 Å². The zero-order chi connectivity index (χ0) is 17.4. The summed E-state index contributed by atoms with van der Waals surface area (Å²) in [5.74, 6) is -0.294. The van der Waals surface area contributed by atoms with Gasteiger partial charge in [0.25, 0.3) is 5.91 Å². The predicted octanol–water partition coefficient (Wildman–Crippen LogP) is 1.36. The van der Waals surface area contributed by atoms with Gasteiger partial charge in [0.05, 0.1) is 24.2 Å². The van der Waals surface area contributed by atoms with E-state index in [0.717, 1.165) is 28.8 Å². The molecule has 0 aliphatic carbocycles. The number of rotatable bonds is 5. The third-order valence-electron chi connectivity index (χ3n) is 3.36. The van der Waals surface area contributed by atoms with Gasteiger partial charge in [-0.1, -0.05) is 11.3 Å². The second kappa shape index (κ2) is 6.28. The van der Waals surface area contributed by atoms with Crippen LogP contribution in [0.4, 0.5) is 5.13 Å². The largest absolute Gasteiger partial charge is 0.345 e. The van der Waals surface area contributed by atoms with Crippen molar-refractivity contribution >= 4 is 32.4 Å². The van der Waals surface area contributed by atoms with Gasteiger partial charge in [-0.15, -0.1) is 0 Å². The van der Waals surface area contributed by atoms with Crippen LogP contribution in [-0.4, -0.2) is 35.3 Å². The first-order chi connectivity index (χ1) is 10.6. The first-order valence-corrected chi connectivity index (χ1v) is 9.54. The van der Waals surface area contributed by atoms with Gasteiger partial charge in [-0.3, -0.25) is 14.2 Å². The summed E-state index contributed by atoms with van der Waals surface area (Å²) in [6.07, 6.45) is 2.76. The molecule has 0 saturated heterocycles. The predicted molar refractivity (Wildman–Crippen MR) is 89.1 cm³/mol. The topological polar surface area (TPSA) is 106 Å². The van der Waals surface area contributed by atoms with Crippen LogP contribution in [0.25, 0.3) is 0 Å². The molecule has 0 saturated carbocycles. The third kappa shape index (κ3) is 4.08. The van der Waals surface area contributed by atoms with E-state index in [4.69, 9.17) is 0 Å². The molecule has 0 bridgehead atoms. The van der Waals surface area contributed by atoms with E-state index in [1.54, 1.807) is 17.8 Å². The second-order valence-corrected chi connectivity index (χ2v) is 8.06. The molecule has 126 valence electrons. The molecule has 0 aliphatic rings. The molecule has 2 aromatic heterocycles. The Morgan fingerprint density at radius 1 is 1.39 bits per heavy atom. The molecule has 1 amide bonds. The van der Waals surface area contributed by atoms with Crippen LogP contribution in [0.2, 0.25) is 0 Å². The minimum Gasteiger partial charge on any atom is -0.345 e. The van der Waals surface area contributed by atoms with Crippen LogP contribution < -0.4 is 10.0 Å². The van der Waals surface area contributed by atoms with Crippen molar-refractivity contribution < 1.29 is 13.2 Å². The molecular formula is C13H19N5O3S2. The van der Waals surface area contributed by atoms with E-state index in [2.05, 4.69) is 20.1 Å². The highest BCUT2D eigenvalue weighted by atomic mass is 32.2. The van der Waals surface area contributed by atoms with Gasteiger partial charge in [0.2, 0.25) is 10.0 Å². The van der Waals surface area contributed by atoms with Crippen molar-refractivity contribution in [2.24, 2.45) is 7.05 Å². The van der Waals surface area contributed by atoms with Crippen LogP contribution in [0, 0.1) is 13.8 Å². The lowest BCUT2D eigenvalue weighted by Gasteiger charge is -2.13. The summed E-state index contributed by atoms with van der Waals surface area (Å²) < 4.78 is 26.5. The van der Waals surface area contributed by atoms with Gasteiger partial charge in [-0.05, 0) is 20.8 Å². The Morgan fingerprint density at radius 2 is 2.04 bits per heavy atom. The molecule has 1 unspecified atom stereocenters. The lowest BCUT2D eigenvalue weighted by atomic mass is 10.1. The average Bonchev–Trinajstić information content (AvgIpc) is 2.92. The number of anilines is 1. The smallest absolute Gasteiger partial charge is 0.263 e. The van der Waals surface area contributed by atoms with Crippen molar-refractivity contribution in [3.05, 3.63) is 28.0 Å². The maximum Gasteiger partial charge on any atom is 0.263 e. The molecule has 0 aliphatic heterocycles. The summed E-state index contributed by atoms with van der Waals surface area (Å²) in [7, 11) is -1.58. The third-order valence-corrected chi connectivity index (χ3v) is 5.13. The lowest BCUT2D eigenvalue weighted by molar-refractivity contribution is 0.0943. The highest BCUT2D eigenvalue weighted by molar-refractivity contribution is 7.92. The summed E-state index contributed by atoms with van der Waals surface area (Å²) in [6.45, 7) is 5.46. The number of carbonyl (C=O) groups is 1. The molecule has 2 N–H and O–H groups in total. The number of carbonyl (C=O) groups excluding carboxylic acids is 1. The van der Waals surface area contributed by atoms with E-state index >= 15 is 0 Å². The van der Waals surface area contributed by atoms with E-state index in [1.165, 1.54) is 0 Å². The van der Waals surface area contributed by atoms with Crippen LogP contribution in [0.1, 0.15) is 39.6 Å². The summed E-state index contributed by atoms with van der Waals surface area (Å²) >= 11 is 1.01. The van der Waals surface area contributed by atoms with E-state index in [-0.39, 0.29) is 17.1 Å². The van der Waals surface area contributed by atoms with Gasteiger partial charge >= 0.3 is 0 Å². The average molecular weight is 357 g/mol. The Labute approximate surface area is 139 Å². The van der Waals surface area contributed by atoms with Gasteiger partial charge in [0.15, 0.2) is 5.13 Å². The van der Waals surface area contributed by atoms with Crippen LogP contribution >= 0.6 is 11.3 Å². The quantitative estimate of drug-likeness (QED) is 0.840. The highest BCUT2D eigenvalue weighted by Gasteiger charge is 2.20. The zero-order valence-corrected chi connectivity index (χ0v) is 15.2. The number of thiazole rings is 1. The van der Waals surface area contributed by atoms with Gasteiger partial charge in [-0.2, -0.15) is 5.10 Å². The number of nitrogens with one attached hydrogen (secondary N) is 2. The number of hydrogen-bond acceptors (Lipinski definition) is 6. The van der Waals surface area contributed by atoms with E-state index in [1.807, 2.05) is 20.9 Å². The van der Waals surface area contributed by atoms with Gasteiger partial charge in [0.1, 0.15) is 4.88 Å². The fraction of sp³-hybridized carbons (Fsp3) is 0.462. The number of hydrogen-bond donors (Lipinski definition) is 2. The molecule has 8 nitrogen and oxygen atoms in total. The van der Waals surface area contributed by atoms with Gasteiger partial charge in [-0.25, -0.2) is 13.4 Å². The lowest BCUT2D eigenvalue weighted by Crippen LogP contribution is -2.26. The maximum absolute atomic E-state index is 12.4. The summed E-state index contributed by atoms with van der Waals surface area (Å²) in [6, 6.07) is -0.219.